The summed E-state index contributed by atoms with van der Waals surface area (Å²) in [6, 6.07) is 6.69. The number of piperidine rings is 1. The van der Waals surface area contributed by atoms with Gasteiger partial charge in [0.05, 0.1) is 7.11 Å². The molecule has 0 spiro atoms. The molecule has 2 heterocycles. The van der Waals surface area contributed by atoms with Crippen molar-refractivity contribution in [1.82, 2.24) is 14.8 Å². The van der Waals surface area contributed by atoms with Gasteiger partial charge in [-0.2, -0.15) is 0 Å². The van der Waals surface area contributed by atoms with Crippen LogP contribution in [-0.4, -0.2) is 59.9 Å². The predicted molar refractivity (Wildman–Crippen MR) is 116 cm³/mol. The third-order valence-electron chi connectivity index (χ3n) is 6.20. The highest BCUT2D eigenvalue weighted by Crippen LogP contribution is 2.29. The van der Waals surface area contributed by atoms with E-state index in [4.69, 9.17) is 4.74 Å². The van der Waals surface area contributed by atoms with Gasteiger partial charge in [0.1, 0.15) is 17.2 Å². The van der Waals surface area contributed by atoms with Crippen LogP contribution in [0, 0.1) is 17.6 Å². The van der Waals surface area contributed by atoms with Crippen LogP contribution in [0.1, 0.15) is 42.1 Å². The van der Waals surface area contributed by atoms with E-state index in [1.807, 2.05) is 0 Å². The summed E-state index contributed by atoms with van der Waals surface area (Å²) in [4.78, 5) is 32.9. The van der Waals surface area contributed by atoms with E-state index < -0.39 is 11.6 Å². The average molecular weight is 446 g/mol. The topological polar surface area (TPSA) is 62.7 Å². The van der Waals surface area contributed by atoms with Crippen molar-refractivity contribution >= 4 is 11.8 Å². The number of ether oxygens (including phenoxy) is 1. The summed E-state index contributed by atoms with van der Waals surface area (Å²) in [7, 11) is 3.21. The van der Waals surface area contributed by atoms with Gasteiger partial charge in [0.25, 0.3) is 5.91 Å². The molecule has 6 nitrogen and oxygen atoms in total. The van der Waals surface area contributed by atoms with Crippen LogP contribution in [0.3, 0.4) is 0 Å². The Labute approximate surface area is 187 Å². The molecule has 1 aliphatic heterocycles. The number of rotatable bonds is 7. The van der Waals surface area contributed by atoms with Crippen molar-refractivity contribution in [3.05, 3.63) is 59.3 Å². The fourth-order valence-corrected chi connectivity index (χ4v) is 4.34. The van der Waals surface area contributed by atoms with Crippen LogP contribution < -0.4 is 4.74 Å². The van der Waals surface area contributed by atoms with Gasteiger partial charge < -0.3 is 14.5 Å². The lowest BCUT2D eigenvalue weighted by atomic mass is 9.84. The highest BCUT2D eigenvalue weighted by molar-refractivity contribution is 5.96. The number of pyridine rings is 1. The minimum Gasteiger partial charge on any atom is -0.480 e. The van der Waals surface area contributed by atoms with Gasteiger partial charge in [0.2, 0.25) is 11.8 Å². The maximum absolute atomic E-state index is 14.3. The van der Waals surface area contributed by atoms with Crippen molar-refractivity contribution in [2.75, 3.05) is 27.2 Å². The Balaban J connectivity index is 1.74. The normalized spacial score (nSPS) is 15.3. The van der Waals surface area contributed by atoms with Crippen LogP contribution in [-0.2, 0) is 11.2 Å². The molecule has 2 amide bonds. The Hall–Kier alpha value is -3.03. The molecule has 0 saturated carbocycles. The van der Waals surface area contributed by atoms with Crippen molar-refractivity contribution in [3.8, 4) is 5.88 Å². The quantitative estimate of drug-likeness (QED) is 0.652. The molecule has 32 heavy (non-hydrogen) atoms. The van der Waals surface area contributed by atoms with Crippen molar-refractivity contribution in [2.24, 2.45) is 5.92 Å². The van der Waals surface area contributed by atoms with Gasteiger partial charge in [0.15, 0.2) is 0 Å². The Morgan fingerprint density at radius 3 is 2.59 bits per heavy atom. The van der Waals surface area contributed by atoms with Crippen LogP contribution >= 0.6 is 0 Å². The number of likely N-dealkylation sites (N-methyl/N-ethyl adjacent to an activating group) is 1. The van der Waals surface area contributed by atoms with E-state index in [9.17, 15) is 18.4 Å². The standard InChI is InChI=1S/C24H29F2N3O3/c1-4-22(30)28(2)21(14-17-7-8-18(25)15-20(17)26)16-9-12-29(13-10-16)24(31)19-6-5-11-27-23(19)32-3/h5-8,11,15-16,21H,4,9-10,12-14H2,1-3H3. The molecule has 1 aliphatic rings. The molecular formula is C24H29F2N3O3. The number of carbonyl (C=O) groups excluding carboxylic acids is 2. The molecule has 8 heteroatoms. The van der Waals surface area contributed by atoms with Crippen molar-refractivity contribution in [1.29, 1.82) is 0 Å². The third-order valence-corrected chi connectivity index (χ3v) is 6.20. The number of hydrogen-bond acceptors (Lipinski definition) is 4. The molecule has 1 saturated heterocycles. The largest absolute Gasteiger partial charge is 0.480 e. The third kappa shape index (κ3) is 5.23. The summed E-state index contributed by atoms with van der Waals surface area (Å²) in [5.74, 6) is -1.04. The number of amides is 2. The maximum atomic E-state index is 14.3. The molecule has 1 fully saturated rings. The van der Waals surface area contributed by atoms with Gasteiger partial charge in [-0.3, -0.25) is 9.59 Å². The second-order valence-electron chi connectivity index (χ2n) is 8.06. The summed E-state index contributed by atoms with van der Waals surface area (Å²) >= 11 is 0. The van der Waals surface area contributed by atoms with Gasteiger partial charge >= 0.3 is 0 Å². The van der Waals surface area contributed by atoms with E-state index in [1.54, 1.807) is 42.1 Å². The van der Waals surface area contributed by atoms with Gasteiger partial charge in [-0.25, -0.2) is 13.8 Å². The first-order chi connectivity index (χ1) is 15.3. The Kier molecular flexibility index (Phi) is 7.77. The maximum Gasteiger partial charge on any atom is 0.259 e. The van der Waals surface area contributed by atoms with Gasteiger partial charge in [0, 0.05) is 44.9 Å². The van der Waals surface area contributed by atoms with E-state index in [1.165, 1.54) is 19.2 Å². The van der Waals surface area contributed by atoms with Crippen molar-refractivity contribution < 1.29 is 23.1 Å². The number of nitrogens with zero attached hydrogens (tertiary/aromatic N) is 3. The Morgan fingerprint density at radius 2 is 1.97 bits per heavy atom. The zero-order chi connectivity index (χ0) is 23.3. The van der Waals surface area contributed by atoms with E-state index in [0.29, 0.717) is 49.9 Å². The molecule has 0 bridgehead atoms. The lowest BCUT2D eigenvalue weighted by Gasteiger charge is -2.40. The fourth-order valence-electron chi connectivity index (χ4n) is 4.34. The molecule has 172 valence electrons. The van der Waals surface area contributed by atoms with E-state index in [-0.39, 0.29) is 29.7 Å². The first kappa shape index (κ1) is 23.6. The molecule has 1 aromatic heterocycles. The first-order valence-corrected chi connectivity index (χ1v) is 10.8. The molecule has 1 aromatic carbocycles. The molecule has 0 aliphatic carbocycles. The highest BCUT2D eigenvalue weighted by Gasteiger charge is 2.33. The van der Waals surface area contributed by atoms with Crippen molar-refractivity contribution in [2.45, 2.75) is 38.6 Å². The van der Waals surface area contributed by atoms with E-state index in [2.05, 4.69) is 4.98 Å². The lowest BCUT2D eigenvalue weighted by Crippen LogP contribution is -2.48. The average Bonchev–Trinajstić information content (AvgIpc) is 2.82. The monoisotopic (exact) mass is 445 g/mol. The minimum atomic E-state index is -0.626. The van der Waals surface area contributed by atoms with Gasteiger partial charge in [-0.15, -0.1) is 0 Å². The van der Waals surface area contributed by atoms with Crippen LogP contribution in [0.25, 0.3) is 0 Å². The fraction of sp³-hybridized carbons (Fsp3) is 0.458. The van der Waals surface area contributed by atoms with Crippen LogP contribution in [0.5, 0.6) is 5.88 Å². The van der Waals surface area contributed by atoms with Crippen LogP contribution in [0.2, 0.25) is 0 Å². The Morgan fingerprint density at radius 1 is 1.25 bits per heavy atom. The number of halogens is 2. The second kappa shape index (κ2) is 10.5. The highest BCUT2D eigenvalue weighted by atomic mass is 19.1. The predicted octanol–water partition coefficient (Wildman–Crippen LogP) is 3.70. The summed E-state index contributed by atoms with van der Waals surface area (Å²) < 4.78 is 32.9. The molecule has 1 atom stereocenters. The van der Waals surface area contributed by atoms with Crippen molar-refractivity contribution in [3.63, 3.8) is 0 Å². The summed E-state index contributed by atoms with van der Waals surface area (Å²) in [6.45, 7) is 2.81. The second-order valence-corrected chi connectivity index (χ2v) is 8.06. The summed E-state index contributed by atoms with van der Waals surface area (Å²) in [5, 5.41) is 0. The Bertz CT molecular complexity index is 961. The molecule has 1 unspecified atom stereocenters. The minimum absolute atomic E-state index is 0.0314. The number of benzene rings is 1. The number of hydrogen-bond donors (Lipinski definition) is 0. The SMILES string of the molecule is CCC(=O)N(C)C(Cc1ccc(F)cc1F)C1CCN(C(=O)c2cccnc2OC)CC1. The number of aromatic nitrogens is 1. The summed E-state index contributed by atoms with van der Waals surface area (Å²) in [6.07, 6.45) is 3.55. The molecule has 2 aromatic rings. The van der Waals surface area contributed by atoms with Crippen LogP contribution in [0.4, 0.5) is 8.78 Å². The zero-order valence-corrected chi connectivity index (χ0v) is 18.7. The summed E-state index contributed by atoms with van der Waals surface area (Å²) in [5.41, 5.74) is 0.794. The molecule has 3 rings (SSSR count). The smallest absolute Gasteiger partial charge is 0.259 e. The molecule has 0 radical (unpaired) electrons. The van der Waals surface area contributed by atoms with Gasteiger partial charge in [-0.05, 0) is 48.9 Å². The zero-order valence-electron chi connectivity index (χ0n) is 18.7. The molecule has 0 N–H and O–H groups in total. The van der Waals surface area contributed by atoms with E-state index in [0.717, 1.165) is 6.07 Å². The van der Waals surface area contributed by atoms with E-state index >= 15 is 0 Å². The molecular weight excluding hydrogens is 416 g/mol. The van der Waals surface area contributed by atoms with Crippen LogP contribution in [0.15, 0.2) is 36.5 Å². The van der Waals surface area contributed by atoms with Gasteiger partial charge in [-0.1, -0.05) is 13.0 Å². The number of likely N-dealkylation sites (tertiary alicyclic amines) is 1. The number of carbonyl (C=O) groups is 2. The lowest BCUT2D eigenvalue weighted by molar-refractivity contribution is -0.133. The first-order valence-electron chi connectivity index (χ1n) is 10.8. The number of methoxy groups -OCH3 is 1.